The third-order valence-corrected chi connectivity index (χ3v) is 4.15. The first-order valence-corrected chi connectivity index (χ1v) is 7.48. The summed E-state index contributed by atoms with van der Waals surface area (Å²) in [6.07, 6.45) is -4.05. The molecule has 1 aromatic carbocycles. The van der Waals surface area contributed by atoms with E-state index in [-0.39, 0.29) is 6.42 Å². The summed E-state index contributed by atoms with van der Waals surface area (Å²) in [5, 5.41) is 8.89. The number of aliphatic carboxylic acids is 1. The average molecular weight is 325 g/mol. The van der Waals surface area contributed by atoms with E-state index in [1.165, 1.54) is 0 Å². The highest BCUT2D eigenvalue weighted by atomic mass is 32.2. The second-order valence-electron chi connectivity index (χ2n) is 4.32. The molecule has 0 amide bonds. The van der Waals surface area contributed by atoms with Crippen LogP contribution in [-0.4, -0.2) is 25.5 Å². The first kappa shape index (κ1) is 17.4. The van der Waals surface area contributed by atoms with Crippen molar-refractivity contribution in [2.45, 2.75) is 36.9 Å². The Hall–Kier alpha value is -1.61. The number of carbonyl (C=O) groups is 1. The van der Waals surface area contributed by atoms with Crippen LogP contribution in [0, 0.1) is 0 Å². The number of carboxylic acids is 1. The van der Waals surface area contributed by atoms with E-state index in [9.17, 15) is 26.4 Å². The maximum atomic E-state index is 12.4. The minimum absolute atomic E-state index is 0.0786. The van der Waals surface area contributed by atoms with Crippen LogP contribution in [0.1, 0.15) is 25.3 Å². The fourth-order valence-corrected chi connectivity index (χ4v) is 2.82. The van der Waals surface area contributed by atoms with Crippen molar-refractivity contribution in [2.75, 3.05) is 0 Å². The fraction of sp³-hybridized carbons (Fsp3) is 0.417. The number of hydrogen-bond acceptors (Lipinski definition) is 3. The summed E-state index contributed by atoms with van der Waals surface area (Å²) in [6, 6.07) is 1.52. The first-order valence-electron chi connectivity index (χ1n) is 6.00. The Morgan fingerprint density at radius 2 is 1.81 bits per heavy atom. The zero-order chi connectivity index (χ0) is 16.3. The molecule has 0 aliphatic rings. The van der Waals surface area contributed by atoms with Crippen molar-refractivity contribution in [3.8, 4) is 0 Å². The summed E-state index contributed by atoms with van der Waals surface area (Å²) in [7, 11) is -4.19. The lowest BCUT2D eigenvalue weighted by molar-refractivity contribution is -0.139. The molecule has 0 aromatic heterocycles. The van der Waals surface area contributed by atoms with Gasteiger partial charge in [-0.05, 0) is 30.7 Å². The Morgan fingerprint density at radius 1 is 1.29 bits per heavy atom. The topological polar surface area (TPSA) is 83.5 Å². The molecule has 0 spiro atoms. The van der Waals surface area contributed by atoms with E-state index in [0.29, 0.717) is 18.6 Å². The lowest BCUT2D eigenvalue weighted by Gasteiger charge is -2.14. The van der Waals surface area contributed by atoms with E-state index in [2.05, 4.69) is 0 Å². The molecule has 0 saturated carbocycles. The maximum Gasteiger partial charge on any atom is 0.416 e. The van der Waals surface area contributed by atoms with E-state index in [1.807, 2.05) is 4.72 Å². The molecule has 1 rings (SSSR count). The number of benzene rings is 1. The summed E-state index contributed by atoms with van der Waals surface area (Å²) in [4.78, 5) is 10.5. The van der Waals surface area contributed by atoms with Crippen molar-refractivity contribution in [2.24, 2.45) is 0 Å². The minimum atomic E-state index is -4.57. The van der Waals surface area contributed by atoms with Gasteiger partial charge >= 0.3 is 12.1 Å². The number of halogens is 3. The van der Waals surface area contributed by atoms with Gasteiger partial charge in [0.2, 0.25) is 10.0 Å². The Kier molecular flexibility index (Phi) is 5.35. The number of alkyl halides is 3. The maximum absolute atomic E-state index is 12.4. The quantitative estimate of drug-likeness (QED) is 0.840. The van der Waals surface area contributed by atoms with Gasteiger partial charge in [0.25, 0.3) is 0 Å². The fourth-order valence-electron chi connectivity index (χ4n) is 1.60. The van der Waals surface area contributed by atoms with E-state index < -0.39 is 38.7 Å². The summed E-state index contributed by atoms with van der Waals surface area (Å²) in [5.41, 5.74) is -0.982. The number of carboxylic acid groups (broad SMARTS) is 1. The van der Waals surface area contributed by atoms with Gasteiger partial charge in [0, 0.05) is 0 Å². The Labute approximate surface area is 119 Å². The lowest BCUT2D eigenvalue weighted by Crippen LogP contribution is -2.40. The van der Waals surface area contributed by atoms with Gasteiger partial charge < -0.3 is 5.11 Å². The molecule has 0 bridgehead atoms. The Bertz CT molecular complexity index is 596. The predicted octanol–water partition coefficient (Wildman–Crippen LogP) is 2.24. The van der Waals surface area contributed by atoms with Crippen molar-refractivity contribution >= 4 is 16.0 Å². The molecule has 0 radical (unpaired) electrons. The second kappa shape index (κ2) is 6.44. The van der Waals surface area contributed by atoms with Crippen molar-refractivity contribution in [1.82, 2.24) is 4.72 Å². The van der Waals surface area contributed by atoms with Gasteiger partial charge in [-0.25, -0.2) is 8.42 Å². The summed E-state index contributed by atoms with van der Waals surface area (Å²) in [5.74, 6) is -1.34. The monoisotopic (exact) mass is 325 g/mol. The van der Waals surface area contributed by atoms with E-state index >= 15 is 0 Å². The van der Waals surface area contributed by atoms with Crippen LogP contribution in [0.2, 0.25) is 0 Å². The molecular formula is C12H14F3NO4S. The van der Waals surface area contributed by atoms with Gasteiger partial charge in [0.05, 0.1) is 10.5 Å². The van der Waals surface area contributed by atoms with E-state index in [0.717, 1.165) is 12.1 Å². The molecular weight excluding hydrogens is 311 g/mol. The Morgan fingerprint density at radius 3 is 2.19 bits per heavy atom. The average Bonchev–Trinajstić information content (AvgIpc) is 2.37. The molecule has 2 N–H and O–H groups in total. The third kappa shape index (κ3) is 4.71. The SMILES string of the molecule is CCC[C@H](NS(=O)(=O)c1ccc(C(F)(F)F)cc1)C(=O)O. The standard InChI is InChI=1S/C12H14F3NO4S/c1-2-3-10(11(17)18)16-21(19,20)9-6-4-8(5-7-9)12(13,14)15/h4-7,10,16H,2-3H2,1H3,(H,17,18)/t10-/m0/s1. The molecule has 118 valence electrons. The largest absolute Gasteiger partial charge is 0.480 e. The highest BCUT2D eigenvalue weighted by molar-refractivity contribution is 7.89. The molecule has 0 aliphatic heterocycles. The van der Waals surface area contributed by atoms with E-state index in [1.54, 1.807) is 6.92 Å². The number of rotatable bonds is 6. The zero-order valence-corrected chi connectivity index (χ0v) is 11.8. The number of nitrogens with one attached hydrogen (secondary N) is 1. The first-order chi connectivity index (χ1) is 9.58. The van der Waals surface area contributed by atoms with Crippen LogP contribution < -0.4 is 4.72 Å². The van der Waals surface area contributed by atoms with Gasteiger partial charge in [-0.2, -0.15) is 17.9 Å². The molecule has 9 heteroatoms. The van der Waals surface area contributed by atoms with Crippen LogP contribution in [0.5, 0.6) is 0 Å². The lowest BCUT2D eigenvalue weighted by atomic mass is 10.2. The molecule has 0 fully saturated rings. The summed E-state index contributed by atoms with van der Waals surface area (Å²) in [6.45, 7) is 1.68. The summed E-state index contributed by atoms with van der Waals surface area (Å²) < 4.78 is 63.0. The highest BCUT2D eigenvalue weighted by Gasteiger charge is 2.31. The van der Waals surface area contributed by atoms with Crippen molar-refractivity contribution in [3.05, 3.63) is 29.8 Å². The van der Waals surface area contributed by atoms with Gasteiger partial charge in [-0.15, -0.1) is 0 Å². The van der Waals surface area contributed by atoms with Crippen LogP contribution in [0.25, 0.3) is 0 Å². The van der Waals surface area contributed by atoms with Crippen LogP contribution in [0.3, 0.4) is 0 Å². The molecule has 5 nitrogen and oxygen atoms in total. The second-order valence-corrected chi connectivity index (χ2v) is 6.04. The summed E-state index contributed by atoms with van der Waals surface area (Å²) >= 11 is 0. The van der Waals surface area contributed by atoms with Crippen LogP contribution in [0.15, 0.2) is 29.2 Å². The molecule has 0 unspecified atom stereocenters. The van der Waals surface area contributed by atoms with Crippen molar-refractivity contribution in [1.29, 1.82) is 0 Å². The van der Waals surface area contributed by atoms with Crippen molar-refractivity contribution in [3.63, 3.8) is 0 Å². The molecule has 21 heavy (non-hydrogen) atoms. The van der Waals surface area contributed by atoms with Gasteiger partial charge in [0.1, 0.15) is 6.04 Å². The van der Waals surface area contributed by atoms with E-state index in [4.69, 9.17) is 5.11 Å². The van der Waals surface area contributed by atoms with Crippen LogP contribution in [0.4, 0.5) is 13.2 Å². The van der Waals surface area contributed by atoms with Crippen LogP contribution >= 0.6 is 0 Å². The van der Waals surface area contributed by atoms with Gasteiger partial charge in [0.15, 0.2) is 0 Å². The predicted molar refractivity (Wildman–Crippen MR) is 68.1 cm³/mol. The molecule has 1 aromatic rings. The van der Waals surface area contributed by atoms with Crippen molar-refractivity contribution < 1.29 is 31.5 Å². The highest BCUT2D eigenvalue weighted by Crippen LogP contribution is 2.29. The minimum Gasteiger partial charge on any atom is -0.480 e. The molecule has 1 atom stereocenters. The van der Waals surface area contributed by atoms with Gasteiger partial charge in [-0.1, -0.05) is 13.3 Å². The molecule has 0 heterocycles. The molecule has 0 saturated heterocycles. The zero-order valence-electron chi connectivity index (χ0n) is 11.0. The van der Waals surface area contributed by atoms with Gasteiger partial charge in [-0.3, -0.25) is 4.79 Å². The number of hydrogen-bond donors (Lipinski definition) is 2. The normalized spacial score (nSPS) is 13.9. The third-order valence-electron chi connectivity index (χ3n) is 2.66. The Balaban J connectivity index is 3.00. The van der Waals surface area contributed by atoms with Crippen LogP contribution in [-0.2, 0) is 21.0 Å². The smallest absolute Gasteiger partial charge is 0.416 e. The number of sulfonamides is 1. The molecule has 0 aliphatic carbocycles.